The Bertz CT molecular complexity index is 858. The number of carbonyl (C=O) groups is 2. The van der Waals surface area contributed by atoms with E-state index in [1.165, 1.54) is 36.2 Å². The first-order chi connectivity index (χ1) is 14.1. The zero-order valence-electron chi connectivity index (χ0n) is 16.9. The summed E-state index contributed by atoms with van der Waals surface area (Å²) in [5, 5.41) is 5.58. The lowest BCUT2D eigenvalue weighted by atomic mass is 10.1. The highest BCUT2D eigenvalue weighted by atomic mass is 32.1. The van der Waals surface area contributed by atoms with Crippen LogP contribution in [-0.4, -0.2) is 46.2 Å². The minimum absolute atomic E-state index is 0.0376. The Balaban J connectivity index is 1.29. The highest BCUT2D eigenvalue weighted by Crippen LogP contribution is 2.24. The van der Waals surface area contributed by atoms with Crippen LogP contribution in [0, 0.1) is 12.8 Å². The number of likely N-dealkylation sites (tertiary alicyclic amines) is 2. The van der Waals surface area contributed by atoms with E-state index in [1.807, 2.05) is 36.6 Å². The number of anilines is 1. The number of piperidine rings is 1. The van der Waals surface area contributed by atoms with Gasteiger partial charge in [-0.1, -0.05) is 36.2 Å². The second-order valence-corrected chi connectivity index (χ2v) is 8.99. The predicted molar refractivity (Wildman–Crippen MR) is 115 cm³/mol. The number of nitrogens with one attached hydrogen (secondary N) is 1. The van der Waals surface area contributed by atoms with E-state index in [-0.39, 0.29) is 24.2 Å². The van der Waals surface area contributed by atoms with Crippen LogP contribution in [0.4, 0.5) is 5.13 Å². The first kappa shape index (κ1) is 20.0. The van der Waals surface area contributed by atoms with Gasteiger partial charge >= 0.3 is 0 Å². The minimum Gasteiger partial charge on any atom is -0.338 e. The monoisotopic (exact) mass is 412 g/mol. The highest BCUT2D eigenvalue weighted by molar-refractivity contribution is 7.13. The lowest BCUT2D eigenvalue weighted by Gasteiger charge is -2.25. The number of amides is 2. The van der Waals surface area contributed by atoms with Crippen LogP contribution in [0.3, 0.4) is 0 Å². The molecule has 2 saturated heterocycles. The molecule has 1 unspecified atom stereocenters. The summed E-state index contributed by atoms with van der Waals surface area (Å²) in [4.78, 5) is 33.8. The fourth-order valence-corrected chi connectivity index (χ4v) is 4.71. The van der Waals surface area contributed by atoms with Gasteiger partial charge in [0.2, 0.25) is 11.8 Å². The summed E-state index contributed by atoms with van der Waals surface area (Å²) in [6.07, 6.45) is 4.09. The smallest absolute Gasteiger partial charge is 0.231 e. The van der Waals surface area contributed by atoms with E-state index in [4.69, 9.17) is 0 Å². The van der Waals surface area contributed by atoms with Crippen molar-refractivity contribution in [3.63, 3.8) is 0 Å². The number of nitrogens with zero attached hydrogens (tertiary/aromatic N) is 3. The highest BCUT2D eigenvalue weighted by Gasteiger charge is 2.34. The molecule has 2 aromatic rings. The lowest BCUT2D eigenvalue weighted by molar-refractivity contribution is -0.128. The quantitative estimate of drug-likeness (QED) is 0.790. The van der Waals surface area contributed by atoms with Gasteiger partial charge in [-0.25, -0.2) is 4.98 Å². The first-order valence-corrected chi connectivity index (χ1v) is 11.3. The standard InChI is InChI=1S/C22H28N4O2S/c1-16-5-7-17(8-6-16)12-26-13-18(11-20(26)27)21(28)24-22-23-19(15-29-22)14-25-9-3-2-4-10-25/h5-8,15,18H,2-4,9-14H2,1H3,(H,23,24,28). The maximum Gasteiger partial charge on any atom is 0.231 e. The van der Waals surface area contributed by atoms with E-state index in [0.29, 0.717) is 18.2 Å². The van der Waals surface area contributed by atoms with E-state index < -0.39 is 0 Å². The predicted octanol–water partition coefficient (Wildman–Crippen LogP) is 3.42. The Kier molecular flexibility index (Phi) is 6.25. The average Bonchev–Trinajstić information content (AvgIpc) is 3.31. The number of thiazole rings is 1. The fraction of sp³-hybridized carbons (Fsp3) is 0.500. The Morgan fingerprint density at radius 3 is 2.69 bits per heavy atom. The molecular formula is C22H28N4O2S. The van der Waals surface area contributed by atoms with Crippen LogP contribution in [0.25, 0.3) is 0 Å². The zero-order valence-corrected chi connectivity index (χ0v) is 17.7. The second-order valence-electron chi connectivity index (χ2n) is 8.13. The average molecular weight is 413 g/mol. The van der Waals surface area contributed by atoms with Gasteiger partial charge in [0.1, 0.15) is 0 Å². The molecule has 154 valence electrons. The van der Waals surface area contributed by atoms with Crippen LogP contribution in [-0.2, 0) is 22.7 Å². The molecule has 6 nitrogen and oxygen atoms in total. The van der Waals surface area contributed by atoms with Crippen molar-refractivity contribution in [1.29, 1.82) is 0 Å². The number of benzene rings is 1. The summed E-state index contributed by atoms with van der Waals surface area (Å²) in [5.41, 5.74) is 3.30. The molecule has 4 rings (SSSR count). The number of aromatic nitrogens is 1. The molecule has 1 N–H and O–H groups in total. The van der Waals surface area contributed by atoms with Gasteiger partial charge in [0.05, 0.1) is 11.6 Å². The number of hydrogen-bond donors (Lipinski definition) is 1. The molecule has 2 aliphatic rings. The van der Waals surface area contributed by atoms with Crippen LogP contribution in [0.1, 0.15) is 42.5 Å². The van der Waals surface area contributed by atoms with Crippen molar-refractivity contribution in [3.05, 3.63) is 46.5 Å². The van der Waals surface area contributed by atoms with Gasteiger partial charge in [-0.3, -0.25) is 14.5 Å². The normalized spacial score (nSPS) is 20.2. The van der Waals surface area contributed by atoms with E-state index in [9.17, 15) is 9.59 Å². The SMILES string of the molecule is Cc1ccc(CN2CC(C(=O)Nc3nc(CN4CCCCC4)cs3)CC2=O)cc1. The molecule has 0 bridgehead atoms. The van der Waals surface area contributed by atoms with Gasteiger partial charge in [-0.15, -0.1) is 11.3 Å². The number of aryl methyl sites for hydroxylation is 1. The zero-order chi connectivity index (χ0) is 20.2. The molecule has 0 saturated carbocycles. The van der Waals surface area contributed by atoms with Crippen LogP contribution < -0.4 is 5.32 Å². The van der Waals surface area contributed by atoms with Crippen molar-refractivity contribution in [2.45, 2.75) is 45.7 Å². The van der Waals surface area contributed by atoms with Crippen LogP contribution in [0.5, 0.6) is 0 Å². The van der Waals surface area contributed by atoms with E-state index in [0.717, 1.165) is 30.9 Å². The first-order valence-electron chi connectivity index (χ1n) is 10.4. The van der Waals surface area contributed by atoms with Crippen molar-refractivity contribution in [2.75, 3.05) is 25.0 Å². The summed E-state index contributed by atoms with van der Waals surface area (Å²) in [5.74, 6) is -0.387. The molecule has 2 amide bonds. The summed E-state index contributed by atoms with van der Waals surface area (Å²) >= 11 is 1.46. The van der Waals surface area contributed by atoms with Gasteiger partial charge in [0.25, 0.3) is 0 Å². The molecule has 0 radical (unpaired) electrons. The molecule has 29 heavy (non-hydrogen) atoms. The maximum atomic E-state index is 12.7. The molecule has 1 atom stereocenters. The van der Waals surface area contributed by atoms with Crippen LogP contribution >= 0.6 is 11.3 Å². The van der Waals surface area contributed by atoms with E-state index >= 15 is 0 Å². The molecule has 3 heterocycles. The Morgan fingerprint density at radius 2 is 1.93 bits per heavy atom. The number of carbonyl (C=O) groups excluding carboxylic acids is 2. The molecule has 7 heteroatoms. The van der Waals surface area contributed by atoms with Crippen molar-refractivity contribution in [2.24, 2.45) is 5.92 Å². The summed E-state index contributed by atoms with van der Waals surface area (Å²) in [7, 11) is 0. The third-order valence-corrected chi connectivity index (χ3v) is 6.50. The summed E-state index contributed by atoms with van der Waals surface area (Å²) in [6.45, 7) is 6.16. The van der Waals surface area contributed by atoms with E-state index in [2.05, 4.69) is 15.2 Å². The van der Waals surface area contributed by atoms with Gasteiger partial charge in [0, 0.05) is 31.4 Å². The van der Waals surface area contributed by atoms with Crippen molar-refractivity contribution < 1.29 is 9.59 Å². The van der Waals surface area contributed by atoms with Crippen LogP contribution in [0.2, 0.25) is 0 Å². The molecule has 2 fully saturated rings. The van der Waals surface area contributed by atoms with Gasteiger partial charge in [-0.05, 0) is 38.4 Å². The third kappa shape index (κ3) is 5.22. The number of rotatable bonds is 6. The topological polar surface area (TPSA) is 65.5 Å². The molecule has 0 spiro atoms. The van der Waals surface area contributed by atoms with Crippen LogP contribution in [0.15, 0.2) is 29.6 Å². The fourth-order valence-electron chi connectivity index (χ4n) is 4.01. The largest absolute Gasteiger partial charge is 0.338 e. The Morgan fingerprint density at radius 1 is 1.17 bits per heavy atom. The number of hydrogen-bond acceptors (Lipinski definition) is 5. The molecule has 1 aromatic heterocycles. The van der Waals surface area contributed by atoms with Gasteiger partial charge < -0.3 is 10.2 Å². The second kappa shape index (κ2) is 9.05. The molecular weight excluding hydrogens is 384 g/mol. The van der Waals surface area contributed by atoms with Crippen molar-refractivity contribution >= 4 is 28.3 Å². The Labute approximate surface area is 175 Å². The summed E-state index contributed by atoms with van der Waals surface area (Å²) < 4.78 is 0. The molecule has 2 aliphatic heterocycles. The molecule has 0 aliphatic carbocycles. The van der Waals surface area contributed by atoms with E-state index in [1.54, 1.807) is 4.90 Å². The van der Waals surface area contributed by atoms with Gasteiger partial charge in [-0.2, -0.15) is 0 Å². The van der Waals surface area contributed by atoms with Crippen molar-refractivity contribution in [1.82, 2.24) is 14.8 Å². The third-order valence-electron chi connectivity index (χ3n) is 5.70. The Hall–Kier alpha value is -2.25. The molecule has 1 aromatic carbocycles. The maximum absolute atomic E-state index is 12.7. The summed E-state index contributed by atoms with van der Waals surface area (Å²) in [6, 6.07) is 8.17. The minimum atomic E-state index is -0.317. The van der Waals surface area contributed by atoms with Crippen molar-refractivity contribution in [3.8, 4) is 0 Å². The lowest BCUT2D eigenvalue weighted by Crippen LogP contribution is -2.29. The van der Waals surface area contributed by atoms with Gasteiger partial charge in [0.15, 0.2) is 5.13 Å².